The molecule has 2 unspecified atom stereocenters. The van der Waals surface area contributed by atoms with Crippen LogP contribution in [-0.2, 0) is 11.8 Å². The number of Topliss-reactive ketones (excluding diaryl/α,β-unsaturated/α-hetero) is 1. The predicted octanol–water partition coefficient (Wildman–Crippen LogP) is 2.43. The molecule has 12 nitrogen and oxygen atoms in total. The van der Waals surface area contributed by atoms with Crippen LogP contribution in [0.1, 0.15) is 16.2 Å². The van der Waals surface area contributed by atoms with E-state index in [0.717, 1.165) is 22.5 Å². The maximum Gasteiger partial charge on any atom is 0.298 e. The second-order valence-corrected chi connectivity index (χ2v) is 10.9. The van der Waals surface area contributed by atoms with E-state index in [4.69, 9.17) is 14.6 Å². The fourth-order valence-electron chi connectivity index (χ4n) is 5.56. The Labute approximate surface area is 254 Å². The lowest BCUT2D eigenvalue weighted by Gasteiger charge is -2.45. The number of rotatable bonds is 9. The number of ketones is 1. The molecule has 2 aliphatic heterocycles. The molecule has 44 heavy (non-hydrogen) atoms. The van der Waals surface area contributed by atoms with Gasteiger partial charge in [0.05, 0.1) is 30.7 Å². The van der Waals surface area contributed by atoms with Crippen LogP contribution in [0.25, 0.3) is 11.1 Å². The number of aryl methyl sites for hydroxylation is 1. The van der Waals surface area contributed by atoms with E-state index in [2.05, 4.69) is 25.1 Å². The number of nitrogens with one attached hydrogen (secondary N) is 1. The number of benzene rings is 2. The van der Waals surface area contributed by atoms with Crippen molar-refractivity contribution in [1.82, 2.24) is 14.5 Å². The molecule has 2 aliphatic rings. The van der Waals surface area contributed by atoms with Crippen LogP contribution in [0, 0.1) is 6.92 Å². The smallest absolute Gasteiger partial charge is 0.298 e. The first-order chi connectivity index (χ1) is 21.3. The lowest BCUT2D eigenvalue weighted by Crippen LogP contribution is -2.57. The molecule has 0 bridgehead atoms. The van der Waals surface area contributed by atoms with Crippen LogP contribution in [0.2, 0.25) is 0 Å². The highest BCUT2D eigenvalue weighted by molar-refractivity contribution is 6.47. The van der Waals surface area contributed by atoms with Crippen molar-refractivity contribution in [3.63, 3.8) is 0 Å². The zero-order valence-electron chi connectivity index (χ0n) is 24.5. The SMILES string of the molecule is Cc1cc(-c2ccccc2)c(C(=O)C(=O)Nc2ccc3c(c2)OCC2CN(c4ncc(OCC(O)CO)cn4)CCN32)n1C. The Hall–Kier alpha value is -4.94. The van der Waals surface area contributed by atoms with Crippen molar-refractivity contribution in [2.75, 3.05) is 54.6 Å². The maximum atomic E-state index is 13.4. The lowest BCUT2D eigenvalue weighted by molar-refractivity contribution is -0.112. The third kappa shape index (κ3) is 5.81. The van der Waals surface area contributed by atoms with Gasteiger partial charge in [-0.25, -0.2) is 9.97 Å². The molecule has 2 aromatic heterocycles. The maximum absolute atomic E-state index is 13.4. The van der Waals surface area contributed by atoms with Crippen molar-refractivity contribution >= 4 is 29.0 Å². The van der Waals surface area contributed by atoms with Gasteiger partial charge in [-0.15, -0.1) is 0 Å². The summed E-state index contributed by atoms with van der Waals surface area (Å²) in [6, 6.07) is 17.0. The predicted molar refractivity (Wildman–Crippen MR) is 164 cm³/mol. The molecule has 0 saturated carbocycles. The summed E-state index contributed by atoms with van der Waals surface area (Å²) in [6.07, 6.45) is 2.14. The quantitative estimate of drug-likeness (QED) is 0.194. The molecule has 4 heterocycles. The Morgan fingerprint density at radius 3 is 2.64 bits per heavy atom. The number of fused-ring (bicyclic) bond motifs is 3. The first-order valence-corrected chi connectivity index (χ1v) is 14.4. The molecule has 0 radical (unpaired) electrons. The second-order valence-electron chi connectivity index (χ2n) is 10.9. The number of ether oxygens (including phenoxy) is 2. The lowest BCUT2D eigenvalue weighted by atomic mass is 10.0. The molecule has 1 amide bonds. The van der Waals surface area contributed by atoms with E-state index >= 15 is 0 Å². The number of carbonyl (C=O) groups excluding carboxylic acids is 2. The summed E-state index contributed by atoms with van der Waals surface area (Å²) in [5.74, 6) is 0.291. The van der Waals surface area contributed by atoms with Gasteiger partial charge in [-0.05, 0) is 30.7 Å². The summed E-state index contributed by atoms with van der Waals surface area (Å²) in [7, 11) is 1.79. The van der Waals surface area contributed by atoms with Crippen molar-refractivity contribution in [3.8, 4) is 22.6 Å². The minimum atomic E-state index is -0.960. The van der Waals surface area contributed by atoms with Crippen molar-refractivity contribution < 1.29 is 29.3 Å². The number of amides is 1. The third-order valence-electron chi connectivity index (χ3n) is 7.97. The molecule has 0 spiro atoms. The van der Waals surface area contributed by atoms with Crippen molar-refractivity contribution in [2.24, 2.45) is 7.05 Å². The molecule has 6 rings (SSSR count). The van der Waals surface area contributed by atoms with Gasteiger partial charge in [-0.1, -0.05) is 30.3 Å². The number of aromatic nitrogens is 3. The Kier molecular flexibility index (Phi) is 8.18. The minimum absolute atomic E-state index is 0.0415. The molecule has 1 saturated heterocycles. The van der Waals surface area contributed by atoms with Gasteiger partial charge >= 0.3 is 0 Å². The van der Waals surface area contributed by atoms with E-state index in [9.17, 15) is 14.7 Å². The van der Waals surface area contributed by atoms with Gasteiger partial charge < -0.3 is 39.4 Å². The fourth-order valence-corrected chi connectivity index (χ4v) is 5.56. The van der Waals surface area contributed by atoms with Crippen LogP contribution < -0.4 is 24.6 Å². The highest BCUT2D eigenvalue weighted by Crippen LogP contribution is 2.38. The van der Waals surface area contributed by atoms with Gasteiger partial charge in [0.2, 0.25) is 5.95 Å². The molecule has 2 atom stereocenters. The number of carbonyl (C=O) groups is 2. The van der Waals surface area contributed by atoms with Crippen LogP contribution in [0.15, 0.2) is 67.0 Å². The summed E-state index contributed by atoms with van der Waals surface area (Å²) in [4.78, 5) is 39.7. The number of hydrogen-bond acceptors (Lipinski definition) is 10. The zero-order valence-corrected chi connectivity index (χ0v) is 24.5. The van der Waals surface area contributed by atoms with E-state index < -0.39 is 17.8 Å². The van der Waals surface area contributed by atoms with Crippen molar-refractivity contribution in [2.45, 2.75) is 19.1 Å². The number of piperazine rings is 1. The highest BCUT2D eigenvalue weighted by atomic mass is 16.5. The van der Waals surface area contributed by atoms with Crippen LogP contribution in [0.5, 0.6) is 11.5 Å². The molecule has 12 heteroatoms. The number of anilines is 3. The van der Waals surface area contributed by atoms with Crippen molar-refractivity contribution in [3.05, 3.63) is 78.4 Å². The van der Waals surface area contributed by atoms with E-state index in [0.29, 0.717) is 55.1 Å². The average molecular weight is 599 g/mol. The number of aliphatic hydroxyl groups excluding tert-OH is 2. The van der Waals surface area contributed by atoms with E-state index in [1.807, 2.05) is 49.4 Å². The van der Waals surface area contributed by atoms with Gasteiger partial charge in [-0.2, -0.15) is 0 Å². The second kappa shape index (κ2) is 12.3. The Bertz CT molecular complexity index is 1660. The van der Waals surface area contributed by atoms with Crippen LogP contribution in [0.4, 0.5) is 17.3 Å². The summed E-state index contributed by atoms with van der Waals surface area (Å²) in [5, 5.41) is 21.2. The summed E-state index contributed by atoms with van der Waals surface area (Å²) in [6.45, 7) is 3.97. The molecule has 2 aromatic carbocycles. The van der Waals surface area contributed by atoms with E-state index in [1.54, 1.807) is 36.1 Å². The molecule has 3 N–H and O–H groups in total. The van der Waals surface area contributed by atoms with E-state index in [1.165, 1.54) is 0 Å². The summed E-state index contributed by atoms with van der Waals surface area (Å²) >= 11 is 0. The highest BCUT2D eigenvalue weighted by Gasteiger charge is 2.34. The third-order valence-corrected chi connectivity index (χ3v) is 7.97. The molecule has 0 aliphatic carbocycles. The van der Waals surface area contributed by atoms with Crippen LogP contribution in [-0.4, -0.2) is 88.0 Å². The minimum Gasteiger partial charge on any atom is -0.489 e. The Morgan fingerprint density at radius 1 is 1.11 bits per heavy atom. The number of aliphatic hydroxyl groups is 2. The van der Waals surface area contributed by atoms with Gasteiger partial charge in [0.15, 0.2) is 5.75 Å². The number of hydrogen-bond donors (Lipinski definition) is 3. The Morgan fingerprint density at radius 2 is 1.89 bits per heavy atom. The topological polar surface area (TPSA) is 142 Å². The number of nitrogens with zero attached hydrogens (tertiary/aromatic N) is 5. The van der Waals surface area contributed by atoms with Gasteiger partial charge in [0.25, 0.3) is 11.7 Å². The van der Waals surface area contributed by atoms with Crippen LogP contribution >= 0.6 is 0 Å². The fraction of sp³-hybridized carbons (Fsp3) is 0.312. The van der Waals surface area contributed by atoms with Crippen molar-refractivity contribution in [1.29, 1.82) is 0 Å². The molecule has 228 valence electrons. The van der Waals surface area contributed by atoms with E-state index in [-0.39, 0.29) is 19.3 Å². The van der Waals surface area contributed by atoms with Gasteiger partial charge in [0.1, 0.15) is 30.8 Å². The molecular weight excluding hydrogens is 564 g/mol. The van der Waals surface area contributed by atoms with Gasteiger partial charge in [0, 0.05) is 49.7 Å². The standard InChI is InChI=1S/C32H34N6O6/c1-20-12-26(21-6-4-3-5-7-21)29(36(20)2)30(41)31(42)35-22-8-9-27-28(13-22)44-18-23-16-37(10-11-38(23)27)32-33-14-25(15-34-32)43-19-24(40)17-39/h3-9,12-15,23-24,39-40H,10-11,16-19H2,1-2H3,(H,35,42). The first-order valence-electron chi connectivity index (χ1n) is 14.4. The summed E-state index contributed by atoms with van der Waals surface area (Å²) < 4.78 is 13.3. The van der Waals surface area contributed by atoms with Gasteiger partial charge in [-0.3, -0.25) is 9.59 Å². The average Bonchev–Trinajstić information content (AvgIpc) is 3.36. The molecule has 1 fully saturated rings. The first kappa shape index (κ1) is 29.1. The van der Waals surface area contributed by atoms with Crippen LogP contribution in [0.3, 0.4) is 0 Å². The summed E-state index contributed by atoms with van der Waals surface area (Å²) in [5.41, 5.74) is 4.21. The largest absolute Gasteiger partial charge is 0.489 e. The monoisotopic (exact) mass is 598 g/mol. The molecule has 4 aromatic rings. The molecular formula is C32H34N6O6. The normalized spacial score (nSPS) is 16.4. The Balaban J connectivity index is 1.11. The zero-order chi connectivity index (χ0) is 30.8.